The zero-order valence-corrected chi connectivity index (χ0v) is 10.3. The molecule has 9 heteroatoms. The van der Waals surface area contributed by atoms with E-state index in [0.717, 1.165) is 14.0 Å². The van der Waals surface area contributed by atoms with Crippen LogP contribution in [0, 0.1) is 6.92 Å². The highest BCUT2D eigenvalue weighted by Crippen LogP contribution is 2.30. The second kappa shape index (κ2) is 5.38. The lowest BCUT2D eigenvalue weighted by Crippen LogP contribution is -2.43. The minimum atomic E-state index is -2.65. The zero-order chi connectivity index (χ0) is 14.6. The fourth-order valence-corrected chi connectivity index (χ4v) is 1.36. The zero-order valence-electron chi connectivity index (χ0n) is 10.3. The monoisotopic (exact) mass is 274 g/mol. The maximum atomic E-state index is 11.7. The first kappa shape index (κ1) is 14.5. The van der Waals surface area contributed by atoms with Crippen molar-refractivity contribution in [3.05, 3.63) is 22.1 Å². The van der Waals surface area contributed by atoms with Gasteiger partial charge in [0.1, 0.15) is 0 Å². The van der Waals surface area contributed by atoms with Crippen LogP contribution in [0.2, 0.25) is 0 Å². The molecule has 0 saturated carbocycles. The normalized spacial score (nSPS) is 13.2. The van der Waals surface area contributed by atoms with E-state index >= 15 is 0 Å². The van der Waals surface area contributed by atoms with Gasteiger partial charge in [0.15, 0.2) is 5.76 Å². The second-order valence-electron chi connectivity index (χ2n) is 3.26. The lowest BCUT2D eigenvalue weighted by Gasteiger charge is -2.25. The van der Waals surface area contributed by atoms with Gasteiger partial charge in [0, 0.05) is 6.92 Å². The number of esters is 2. The average Bonchev–Trinajstić information content (AvgIpc) is 2.66. The number of hydrogen-bond acceptors (Lipinski definition) is 9. The molecule has 0 spiro atoms. The molecule has 0 saturated heterocycles. The Morgan fingerprint density at radius 2 is 1.95 bits per heavy atom. The Morgan fingerprint density at radius 1 is 1.32 bits per heavy atom. The van der Waals surface area contributed by atoms with Crippen molar-refractivity contribution < 1.29 is 37.4 Å². The van der Waals surface area contributed by atoms with Gasteiger partial charge in [-0.1, -0.05) is 0 Å². The standard InChI is InChI=1S/C10H10O9/c1-5-7(18-9(14)17-5)10(16-4-11,8(13)15-3)19-6(2)12/h4H,1-3H3. The number of aryl methyl sites for hydroxylation is 1. The fourth-order valence-electron chi connectivity index (χ4n) is 1.36. The number of hydrogen-bond donors (Lipinski definition) is 0. The van der Waals surface area contributed by atoms with E-state index in [1.165, 1.54) is 6.92 Å². The second-order valence-corrected chi connectivity index (χ2v) is 3.26. The molecule has 0 aliphatic rings. The van der Waals surface area contributed by atoms with Crippen LogP contribution in [0.15, 0.2) is 13.6 Å². The Labute approximate surface area is 106 Å². The average molecular weight is 274 g/mol. The SMILES string of the molecule is COC(=O)C(OC=O)(OC(C)=O)c1oc(=O)oc1C. The van der Waals surface area contributed by atoms with E-state index < -0.39 is 29.3 Å². The maximum absolute atomic E-state index is 11.7. The predicted molar refractivity (Wildman–Crippen MR) is 54.6 cm³/mol. The highest BCUT2D eigenvalue weighted by Gasteiger charge is 2.54. The van der Waals surface area contributed by atoms with Gasteiger partial charge in [-0.3, -0.25) is 9.59 Å². The van der Waals surface area contributed by atoms with E-state index in [-0.39, 0.29) is 12.2 Å². The summed E-state index contributed by atoms with van der Waals surface area (Å²) in [5, 5.41) is 0. The van der Waals surface area contributed by atoms with Gasteiger partial charge in [0.2, 0.25) is 5.76 Å². The number of carbonyl (C=O) groups excluding carboxylic acids is 3. The van der Waals surface area contributed by atoms with E-state index in [1.807, 2.05) is 0 Å². The van der Waals surface area contributed by atoms with Gasteiger partial charge >= 0.3 is 23.5 Å². The van der Waals surface area contributed by atoms with Crippen LogP contribution in [-0.4, -0.2) is 25.5 Å². The molecule has 19 heavy (non-hydrogen) atoms. The molecule has 0 radical (unpaired) electrons. The summed E-state index contributed by atoms with van der Waals surface area (Å²) in [6.45, 7) is 2.04. The summed E-state index contributed by atoms with van der Waals surface area (Å²) in [6.07, 6.45) is 0. The fraction of sp³-hybridized carbons (Fsp3) is 0.400. The number of methoxy groups -OCH3 is 1. The summed E-state index contributed by atoms with van der Waals surface area (Å²) in [7, 11) is 0.961. The van der Waals surface area contributed by atoms with Gasteiger partial charge in [-0.2, -0.15) is 0 Å². The van der Waals surface area contributed by atoms with Crippen LogP contribution < -0.4 is 5.82 Å². The van der Waals surface area contributed by atoms with Gasteiger partial charge in [0.25, 0.3) is 6.47 Å². The van der Waals surface area contributed by atoms with Crippen molar-refractivity contribution in [2.45, 2.75) is 19.6 Å². The lowest BCUT2D eigenvalue weighted by atomic mass is 10.2. The summed E-state index contributed by atoms with van der Waals surface area (Å²) in [5.41, 5.74) is 0. The van der Waals surface area contributed by atoms with E-state index in [0.29, 0.717) is 0 Å². The van der Waals surface area contributed by atoms with Crippen molar-refractivity contribution in [3.63, 3.8) is 0 Å². The third-order valence-corrected chi connectivity index (χ3v) is 2.00. The van der Waals surface area contributed by atoms with E-state index in [4.69, 9.17) is 0 Å². The summed E-state index contributed by atoms with van der Waals surface area (Å²) in [5.74, 6) is -6.87. The molecule has 1 atom stereocenters. The highest BCUT2D eigenvalue weighted by atomic mass is 16.8. The topological polar surface area (TPSA) is 122 Å². The Bertz CT molecular complexity index is 552. The first-order chi connectivity index (χ1) is 8.87. The number of rotatable bonds is 5. The molecule has 1 rings (SSSR count). The van der Waals surface area contributed by atoms with Crippen LogP contribution in [0.1, 0.15) is 18.4 Å². The molecule has 0 aliphatic heterocycles. The summed E-state index contributed by atoms with van der Waals surface area (Å²) in [4.78, 5) is 44.3. The highest BCUT2D eigenvalue weighted by molar-refractivity contribution is 5.83. The predicted octanol–water partition coefficient (Wildman–Crippen LogP) is -0.397. The molecule has 0 aliphatic carbocycles. The number of ether oxygens (including phenoxy) is 3. The molecule has 0 bridgehead atoms. The Kier molecular flexibility index (Phi) is 4.10. The third kappa shape index (κ3) is 2.64. The first-order valence-electron chi connectivity index (χ1n) is 4.88. The van der Waals surface area contributed by atoms with Crippen molar-refractivity contribution in [2.75, 3.05) is 7.11 Å². The quantitative estimate of drug-likeness (QED) is 0.401. The lowest BCUT2D eigenvalue weighted by molar-refractivity contribution is -0.241. The van der Waals surface area contributed by atoms with E-state index in [1.54, 1.807) is 0 Å². The molecular weight excluding hydrogens is 264 g/mol. The molecule has 9 nitrogen and oxygen atoms in total. The minimum Gasteiger partial charge on any atom is -0.463 e. The smallest absolute Gasteiger partial charge is 0.463 e. The Hall–Kier alpha value is -2.58. The molecule has 1 heterocycles. The van der Waals surface area contributed by atoms with Crippen LogP contribution in [0.25, 0.3) is 0 Å². The maximum Gasteiger partial charge on any atom is 0.519 e. The molecule has 104 valence electrons. The van der Waals surface area contributed by atoms with Gasteiger partial charge < -0.3 is 23.0 Å². The van der Waals surface area contributed by atoms with E-state index in [9.17, 15) is 19.2 Å². The van der Waals surface area contributed by atoms with Crippen molar-refractivity contribution in [1.82, 2.24) is 0 Å². The summed E-state index contributed by atoms with van der Waals surface area (Å²) >= 11 is 0. The molecule has 1 aromatic heterocycles. The molecule has 0 aromatic carbocycles. The van der Waals surface area contributed by atoms with Crippen molar-refractivity contribution >= 4 is 18.4 Å². The van der Waals surface area contributed by atoms with Crippen LogP contribution in [-0.2, 0) is 34.4 Å². The summed E-state index contributed by atoms with van der Waals surface area (Å²) in [6, 6.07) is 0. The van der Waals surface area contributed by atoms with Crippen LogP contribution in [0.4, 0.5) is 0 Å². The van der Waals surface area contributed by atoms with Gasteiger partial charge in [-0.25, -0.2) is 9.59 Å². The van der Waals surface area contributed by atoms with Gasteiger partial charge in [0.05, 0.1) is 7.11 Å². The van der Waals surface area contributed by atoms with Crippen LogP contribution in [0.5, 0.6) is 0 Å². The molecule has 0 fully saturated rings. The van der Waals surface area contributed by atoms with Crippen LogP contribution in [0.3, 0.4) is 0 Å². The number of carbonyl (C=O) groups is 3. The third-order valence-electron chi connectivity index (χ3n) is 2.00. The largest absolute Gasteiger partial charge is 0.519 e. The van der Waals surface area contributed by atoms with Crippen molar-refractivity contribution in [3.8, 4) is 0 Å². The molecule has 1 unspecified atom stereocenters. The molecule has 0 amide bonds. The summed E-state index contributed by atoms with van der Waals surface area (Å²) < 4.78 is 22.6. The minimum absolute atomic E-state index is 0.160. The molecular formula is C10H10O9. The molecule has 1 aromatic rings. The van der Waals surface area contributed by atoms with E-state index in [2.05, 4.69) is 23.0 Å². The van der Waals surface area contributed by atoms with Crippen molar-refractivity contribution in [1.29, 1.82) is 0 Å². The van der Waals surface area contributed by atoms with Crippen LogP contribution >= 0.6 is 0 Å². The Balaban J connectivity index is 3.49. The first-order valence-corrected chi connectivity index (χ1v) is 4.88. The van der Waals surface area contributed by atoms with Gasteiger partial charge in [-0.05, 0) is 6.92 Å². The van der Waals surface area contributed by atoms with Crippen molar-refractivity contribution in [2.24, 2.45) is 0 Å². The van der Waals surface area contributed by atoms with Gasteiger partial charge in [-0.15, -0.1) is 0 Å². The molecule has 0 N–H and O–H groups in total. The Morgan fingerprint density at radius 3 is 2.32 bits per heavy atom.